The van der Waals surface area contributed by atoms with Crippen LogP contribution in [-0.4, -0.2) is 114 Å². The van der Waals surface area contributed by atoms with Gasteiger partial charge in [0.2, 0.25) is 23.6 Å². The van der Waals surface area contributed by atoms with Crippen molar-refractivity contribution >= 4 is 51.1 Å². The summed E-state index contributed by atoms with van der Waals surface area (Å²) in [4.78, 5) is 80.7. The standard InChI is InChI=1S/C49H61N11O7S2/c1-29-38(27-55-44(56-29)33-11-8-31(9-12-33)28-68-69-35-6-4-5-7-35)46(62)58-39(16-17-50)49(65)60(3)43-34-13-15-42(67-23-20-53)37(26-34)36-24-32(10-14-41(36)66-22-19-52)25-40(47(63)54-21-18-51)59-45(61)30(2)57-48(43)64/h8-15,24,26-27,30,35,39-40,43H,4-7,16-17,19-23,25,28,50,52-53H2,1-3H3,(H,54,63)(H,57,64)(H,58,62)(H,59,61)/t30-,39-,40-,43-/m0/s1. The van der Waals surface area contributed by atoms with Gasteiger partial charge in [-0.1, -0.05) is 70.8 Å². The molecule has 6 rings (SSSR count). The Morgan fingerprint density at radius 2 is 1.61 bits per heavy atom. The Kier molecular flexibility index (Phi) is 19.2. The first-order valence-electron chi connectivity index (χ1n) is 23.0. The summed E-state index contributed by atoms with van der Waals surface area (Å²) in [6.45, 7) is 3.51. The van der Waals surface area contributed by atoms with E-state index in [-0.39, 0.29) is 57.8 Å². The Bertz CT molecular complexity index is 2500. The SMILES string of the molecule is Cc1nc(-c2ccc(CSSC3CCCC3)cc2)ncc1C(=O)N[C@@H](CCN)C(=O)N(C)[C@@H]1C(=O)N[C@@H](C)C(=O)N[C@H](C(=O)NCC#N)Cc2ccc(OCCN)c(c2)-c2cc1ccc2OCCN. The summed E-state index contributed by atoms with van der Waals surface area (Å²) in [5.41, 5.74) is 22.1. The van der Waals surface area contributed by atoms with Crippen LogP contribution in [0.2, 0.25) is 0 Å². The molecule has 0 unspecified atom stereocenters. The number of amides is 5. The maximum Gasteiger partial charge on any atom is 0.255 e. The lowest BCUT2D eigenvalue weighted by molar-refractivity contribution is -0.141. The number of fused-ring (bicyclic) bond motifs is 5. The Balaban J connectivity index is 1.30. The maximum atomic E-state index is 14.7. The molecule has 1 aromatic heterocycles. The van der Waals surface area contributed by atoms with Gasteiger partial charge in [-0.05, 0) is 80.6 Å². The Morgan fingerprint density at radius 1 is 0.928 bits per heavy atom. The number of carbonyl (C=O) groups is 5. The van der Waals surface area contributed by atoms with Gasteiger partial charge in [0, 0.05) is 60.4 Å². The summed E-state index contributed by atoms with van der Waals surface area (Å²) in [6.07, 6.45) is 6.63. The average Bonchev–Trinajstić information content (AvgIpc) is 3.87. The van der Waals surface area contributed by atoms with Crippen molar-refractivity contribution in [1.82, 2.24) is 36.1 Å². The number of likely N-dealkylation sites (N-methyl/N-ethyl adjacent to an activating group) is 1. The lowest BCUT2D eigenvalue weighted by Crippen LogP contribution is -2.56. The lowest BCUT2D eigenvalue weighted by atomic mass is 9.93. The highest BCUT2D eigenvalue weighted by Gasteiger charge is 2.36. The van der Waals surface area contributed by atoms with Crippen LogP contribution in [0.1, 0.15) is 77.8 Å². The van der Waals surface area contributed by atoms with Gasteiger partial charge < -0.3 is 52.8 Å². The summed E-state index contributed by atoms with van der Waals surface area (Å²) in [5, 5.41) is 20.7. The Labute approximate surface area is 410 Å². The van der Waals surface area contributed by atoms with Crippen LogP contribution in [0.25, 0.3) is 22.5 Å². The third kappa shape index (κ3) is 13.7. The molecule has 0 saturated heterocycles. The number of rotatable bonds is 19. The summed E-state index contributed by atoms with van der Waals surface area (Å²) >= 11 is 0. The first-order valence-corrected chi connectivity index (χ1v) is 25.4. The number of aryl methyl sites for hydroxylation is 1. The third-order valence-corrected chi connectivity index (χ3v) is 14.7. The molecule has 4 atom stereocenters. The van der Waals surface area contributed by atoms with Crippen molar-refractivity contribution < 1.29 is 33.4 Å². The number of nitriles is 1. The molecule has 20 heteroatoms. The second-order valence-corrected chi connectivity index (χ2v) is 19.5. The minimum absolute atomic E-state index is 0.00312. The second kappa shape index (κ2) is 25.4. The molecule has 0 spiro atoms. The van der Waals surface area contributed by atoms with Crippen LogP contribution >= 0.6 is 21.6 Å². The summed E-state index contributed by atoms with van der Waals surface area (Å²) in [7, 11) is 5.27. The topological polar surface area (TPSA) is 283 Å². The molecule has 1 aliphatic carbocycles. The van der Waals surface area contributed by atoms with Crippen LogP contribution in [0.3, 0.4) is 0 Å². The van der Waals surface area contributed by atoms with Gasteiger partial charge in [0.25, 0.3) is 5.91 Å². The zero-order chi connectivity index (χ0) is 49.5. The number of ether oxygens (including phenoxy) is 2. The van der Waals surface area contributed by atoms with Gasteiger partial charge in [-0.3, -0.25) is 24.0 Å². The minimum atomic E-state index is -1.40. The molecule has 1 saturated carbocycles. The largest absolute Gasteiger partial charge is 0.492 e. The molecule has 4 aromatic rings. The molecule has 0 radical (unpaired) electrons. The molecule has 4 bridgehead atoms. The zero-order valence-corrected chi connectivity index (χ0v) is 40.8. The predicted octanol–water partition coefficient (Wildman–Crippen LogP) is 3.45. The van der Waals surface area contributed by atoms with Crippen molar-refractivity contribution in [3.63, 3.8) is 0 Å². The number of aromatic nitrogens is 2. The van der Waals surface area contributed by atoms with E-state index in [0.29, 0.717) is 45.3 Å². The highest BCUT2D eigenvalue weighted by Crippen LogP contribution is 2.41. The summed E-state index contributed by atoms with van der Waals surface area (Å²) in [6, 6.07) is 15.1. The molecule has 366 valence electrons. The Hall–Kier alpha value is -6.24. The van der Waals surface area contributed by atoms with Gasteiger partial charge in [0.1, 0.15) is 55.4 Å². The number of hydrogen-bond acceptors (Lipinski definition) is 15. The quantitative estimate of drug-likeness (QED) is 0.0524. The van der Waals surface area contributed by atoms with E-state index in [1.54, 1.807) is 43.3 Å². The fourth-order valence-corrected chi connectivity index (χ4v) is 11.0. The smallest absolute Gasteiger partial charge is 0.255 e. The van der Waals surface area contributed by atoms with Crippen LogP contribution in [0.15, 0.2) is 66.9 Å². The molecule has 69 heavy (non-hydrogen) atoms. The van der Waals surface area contributed by atoms with Crippen LogP contribution in [0.4, 0.5) is 0 Å². The predicted molar refractivity (Wildman–Crippen MR) is 267 cm³/mol. The van der Waals surface area contributed by atoms with E-state index in [2.05, 4.69) is 43.4 Å². The number of hydrogen-bond donors (Lipinski definition) is 7. The number of benzene rings is 3. The summed E-state index contributed by atoms with van der Waals surface area (Å²) < 4.78 is 12.2. The highest BCUT2D eigenvalue weighted by atomic mass is 33.1. The van der Waals surface area contributed by atoms with Gasteiger partial charge in [-0.15, -0.1) is 0 Å². The lowest BCUT2D eigenvalue weighted by Gasteiger charge is -2.32. The first-order chi connectivity index (χ1) is 33.3. The molecule has 5 amide bonds. The molecular formula is C49H61N11O7S2. The van der Waals surface area contributed by atoms with Crippen molar-refractivity contribution in [2.75, 3.05) is 46.4 Å². The van der Waals surface area contributed by atoms with Crippen LogP contribution < -0.4 is 47.9 Å². The van der Waals surface area contributed by atoms with Gasteiger partial charge >= 0.3 is 0 Å². The zero-order valence-electron chi connectivity index (χ0n) is 39.1. The third-order valence-electron chi connectivity index (χ3n) is 11.8. The van der Waals surface area contributed by atoms with Gasteiger partial charge in [0.05, 0.1) is 17.3 Å². The fourth-order valence-electron chi connectivity index (χ4n) is 8.13. The normalized spacial score (nSPS) is 17.6. The second-order valence-electron chi connectivity index (χ2n) is 16.8. The number of nitrogens with two attached hydrogens (primary N) is 3. The first kappa shape index (κ1) is 52.1. The van der Waals surface area contributed by atoms with E-state index < -0.39 is 53.7 Å². The van der Waals surface area contributed by atoms with Crippen molar-refractivity contribution in [3.8, 4) is 40.1 Å². The van der Waals surface area contributed by atoms with Crippen LogP contribution in [0, 0.1) is 18.3 Å². The van der Waals surface area contributed by atoms with Gasteiger partial charge in [-0.25, -0.2) is 9.97 Å². The fraction of sp³-hybridized carbons (Fsp3) is 0.429. The van der Waals surface area contributed by atoms with E-state index in [0.717, 1.165) is 16.6 Å². The van der Waals surface area contributed by atoms with Crippen molar-refractivity contribution in [2.24, 2.45) is 17.2 Å². The van der Waals surface area contributed by atoms with Gasteiger partial charge in [-0.2, -0.15) is 5.26 Å². The van der Waals surface area contributed by atoms with E-state index in [1.165, 1.54) is 56.3 Å². The molecule has 2 aliphatic rings. The molecular weight excluding hydrogens is 919 g/mol. The number of nitrogens with zero attached hydrogens (tertiary/aromatic N) is 4. The van der Waals surface area contributed by atoms with Crippen molar-refractivity contribution in [2.45, 2.75) is 87.5 Å². The van der Waals surface area contributed by atoms with Crippen molar-refractivity contribution in [3.05, 3.63) is 94.8 Å². The van der Waals surface area contributed by atoms with E-state index in [9.17, 15) is 29.2 Å². The van der Waals surface area contributed by atoms with Gasteiger partial charge in [0.15, 0.2) is 5.82 Å². The van der Waals surface area contributed by atoms with Crippen LogP contribution in [-0.2, 0) is 31.4 Å². The highest BCUT2D eigenvalue weighted by molar-refractivity contribution is 8.76. The minimum Gasteiger partial charge on any atom is -0.492 e. The van der Waals surface area contributed by atoms with Crippen molar-refractivity contribution in [1.29, 1.82) is 5.26 Å². The molecule has 2 heterocycles. The molecule has 1 aliphatic heterocycles. The molecule has 10 N–H and O–H groups in total. The van der Waals surface area contributed by atoms with E-state index >= 15 is 0 Å². The maximum absolute atomic E-state index is 14.7. The summed E-state index contributed by atoms with van der Waals surface area (Å²) in [5.74, 6) is -1.23. The Morgan fingerprint density at radius 3 is 2.26 bits per heavy atom. The van der Waals surface area contributed by atoms with E-state index in [1.807, 2.05) is 39.8 Å². The van der Waals surface area contributed by atoms with E-state index in [4.69, 9.17) is 26.7 Å². The molecule has 18 nitrogen and oxygen atoms in total. The average molecular weight is 980 g/mol. The number of nitrogens with one attached hydrogen (secondary N) is 4. The monoisotopic (exact) mass is 979 g/mol. The molecule has 3 aromatic carbocycles. The molecule has 1 fully saturated rings. The van der Waals surface area contributed by atoms with Crippen LogP contribution in [0.5, 0.6) is 11.5 Å². The number of carbonyl (C=O) groups excluding carboxylic acids is 5.